The summed E-state index contributed by atoms with van der Waals surface area (Å²) in [6.07, 6.45) is 5.80. The van der Waals surface area contributed by atoms with Crippen LogP contribution < -0.4 is 5.32 Å². The molecule has 2 rings (SSSR count). The molecule has 15 heavy (non-hydrogen) atoms. The van der Waals surface area contributed by atoms with E-state index in [1.54, 1.807) is 0 Å². The van der Waals surface area contributed by atoms with E-state index in [1.807, 2.05) is 30.3 Å². The van der Waals surface area contributed by atoms with Gasteiger partial charge in [0.05, 0.1) is 6.10 Å². The fraction of sp³-hybridized carbons (Fsp3) is 0.385. The van der Waals surface area contributed by atoms with Crippen molar-refractivity contribution in [2.24, 2.45) is 0 Å². The highest BCUT2D eigenvalue weighted by atomic mass is 16.3. The maximum atomic E-state index is 10.00. The first-order valence-electron chi connectivity index (χ1n) is 5.49. The van der Waals surface area contributed by atoms with Gasteiger partial charge in [-0.25, -0.2) is 0 Å². The first kappa shape index (κ1) is 10.4. The Morgan fingerprint density at radius 1 is 1.33 bits per heavy atom. The van der Waals surface area contributed by atoms with Crippen molar-refractivity contribution in [1.29, 1.82) is 0 Å². The van der Waals surface area contributed by atoms with E-state index in [4.69, 9.17) is 0 Å². The van der Waals surface area contributed by atoms with Crippen LogP contribution in [0.5, 0.6) is 0 Å². The Morgan fingerprint density at radius 2 is 2.13 bits per heavy atom. The largest absolute Gasteiger partial charge is 0.388 e. The van der Waals surface area contributed by atoms with E-state index in [2.05, 4.69) is 17.5 Å². The summed E-state index contributed by atoms with van der Waals surface area (Å²) in [6, 6.07) is 10.1. The van der Waals surface area contributed by atoms with Crippen LogP contribution >= 0.6 is 0 Å². The zero-order valence-corrected chi connectivity index (χ0v) is 8.76. The van der Waals surface area contributed by atoms with Crippen LogP contribution in [0.3, 0.4) is 0 Å². The minimum absolute atomic E-state index is 0.314. The molecule has 1 aliphatic rings. The standard InChI is InChI=1S/C13H17NO/c15-13(11-6-2-1-3-7-11)10-12-8-4-5-9-14-12/h1-4,6-8,12-15H,5,9-10H2/t12-,13+/m0/s1. The Hall–Kier alpha value is -1.12. The third-order valence-electron chi connectivity index (χ3n) is 2.75. The number of aliphatic hydroxyl groups is 1. The monoisotopic (exact) mass is 203 g/mol. The Balaban J connectivity index is 1.94. The summed E-state index contributed by atoms with van der Waals surface area (Å²) in [4.78, 5) is 0. The predicted molar refractivity (Wildman–Crippen MR) is 61.6 cm³/mol. The molecule has 2 heteroatoms. The van der Waals surface area contributed by atoms with Gasteiger partial charge in [0.25, 0.3) is 0 Å². The van der Waals surface area contributed by atoms with E-state index in [0.717, 1.165) is 24.9 Å². The van der Waals surface area contributed by atoms with Crippen LogP contribution in [0.2, 0.25) is 0 Å². The lowest BCUT2D eigenvalue weighted by molar-refractivity contribution is 0.157. The summed E-state index contributed by atoms with van der Waals surface area (Å²) < 4.78 is 0. The number of aliphatic hydroxyl groups excluding tert-OH is 1. The highest BCUT2D eigenvalue weighted by Crippen LogP contribution is 2.19. The highest BCUT2D eigenvalue weighted by molar-refractivity contribution is 5.18. The average Bonchev–Trinajstić information content (AvgIpc) is 2.31. The van der Waals surface area contributed by atoms with Crippen LogP contribution in [0, 0.1) is 0 Å². The summed E-state index contributed by atoms with van der Waals surface area (Å²) in [5.41, 5.74) is 0.998. The molecule has 0 amide bonds. The van der Waals surface area contributed by atoms with Crippen molar-refractivity contribution in [3.8, 4) is 0 Å². The third kappa shape index (κ3) is 2.91. The summed E-state index contributed by atoms with van der Waals surface area (Å²) in [5, 5.41) is 13.4. The number of benzene rings is 1. The number of hydrogen-bond acceptors (Lipinski definition) is 2. The molecule has 2 nitrogen and oxygen atoms in total. The van der Waals surface area contributed by atoms with Crippen LogP contribution in [-0.2, 0) is 0 Å². The highest BCUT2D eigenvalue weighted by Gasteiger charge is 2.14. The topological polar surface area (TPSA) is 32.3 Å². The van der Waals surface area contributed by atoms with Crippen molar-refractivity contribution in [2.45, 2.75) is 25.0 Å². The molecular weight excluding hydrogens is 186 g/mol. The Morgan fingerprint density at radius 3 is 2.80 bits per heavy atom. The smallest absolute Gasteiger partial charge is 0.0808 e. The number of hydrogen-bond donors (Lipinski definition) is 2. The quantitative estimate of drug-likeness (QED) is 0.737. The van der Waals surface area contributed by atoms with Crippen LogP contribution in [0.15, 0.2) is 42.5 Å². The average molecular weight is 203 g/mol. The Labute approximate surface area is 90.6 Å². The predicted octanol–water partition coefficient (Wildman–Crippen LogP) is 2.03. The molecule has 0 fully saturated rings. The van der Waals surface area contributed by atoms with E-state index >= 15 is 0 Å². The lowest BCUT2D eigenvalue weighted by atomic mass is 10.0. The summed E-state index contributed by atoms with van der Waals surface area (Å²) >= 11 is 0. The fourth-order valence-corrected chi connectivity index (χ4v) is 1.89. The maximum Gasteiger partial charge on any atom is 0.0808 e. The Kier molecular flexibility index (Phi) is 3.54. The molecule has 0 saturated heterocycles. The zero-order chi connectivity index (χ0) is 10.5. The van der Waals surface area contributed by atoms with Crippen LogP contribution in [0.25, 0.3) is 0 Å². The SMILES string of the molecule is O[C@H](C[C@@H]1C=CCCN1)c1ccccc1. The molecule has 0 spiro atoms. The lowest BCUT2D eigenvalue weighted by Gasteiger charge is -2.21. The van der Waals surface area contributed by atoms with Gasteiger partial charge in [0.1, 0.15) is 0 Å². The molecule has 0 saturated carbocycles. The molecule has 1 aromatic carbocycles. The van der Waals surface area contributed by atoms with Gasteiger partial charge in [-0.05, 0) is 24.9 Å². The summed E-state index contributed by atoms with van der Waals surface area (Å²) in [6.45, 7) is 1.02. The molecule has 0 bridgehead atoms. The maximum absolute atomic E-state index is 10.00. The zero-order valence-electron chi connectivity index (χ0n) is 8.76. The first-order valence-corrected chi connectivity index (χ1v) is 5.49. The molecule has 2 N–H and O–H groups in total. The van der Waals surface area contributed by atoms with Gasteiger partial charge in [0.2, 0.25) is 0 Å². The van der Waals surface area contributed by atoms with Gasteiger partial charge in [0, 0.05) is 6.04 Å². The van der Waals surface area contributed by atoms with Gasteiger partial charge in [-0.2, -0.15) is 0 Å². The minimum Gasteiger partial charge on any atom is -0.388 e. The second-order valence-electron chi connectivity index (χ2n) is 3.94. The van der Waals surface area contributed by atoms with E-state index in [1.165, 1.54) is 0 Å². The minimum atomic E-state index is -0.369. The summed E-state index contributed by atoms with van der Waals surface area (Å²) in [7, 11) is 0. The van der Waals surface area contributed by atoms with Gasteiger partial charge >= 0.3 is 0 Å². The van der Waals surface area contributed by atoms with Crippen molar-refractivity contribution in [3.05, 3.63) is 48.0 Å². The molecule has 0 radical (unpaired) electrons. The van der Waals surface area contributed by atoms with Gasteiger partial charge in [-0.15, -0.1) is 0 Å². The number of rotatable bonds is 3. The van der Waals surface area contributed by atoms with E-state index in [-0.39, 0.29) is 6.10 Å². The molecule has 0 aliphatic carbocycles. The van der Waals surface area contributed by atoms with Gasteiger partial charge < -0.3 is 10.4 Å². The molecule has 1 aromatic rings. The third-order valence-corrected chi connectivity index (χ3v) is 2.75. The van der Waals surface area contributed by atoms with Crippen molar-refractivity contribution in [3.63, 3.8) is 0 Å². The lowest BCUT2D eigenvalue weighted by Crippen LogP contribution is -2.32. The Bertz CT molecular complexity index is 321. The van der Waals surface area contributed by atoms with Crippen LogP contribution in [0.1, 0.15) is 24.5 Å². The fourth-order valence-electron chi connectivity index (χ4n) is 1.89. The first-order chi connectivity index (χ1) is 7.36. The van der Waals surface area contributed by atoms with Crippen LogP contribution in [0.4, 0.5) is 0 Å². The van der Waals surface area contributed by atoms with Crippen molar-refractivity contribution in [2.75, 3.05) is 6.54 Å². The van der Waals surface area contributed by atoms with Gasteiger partial charge in [-0.3, -0.25) is 0 Å². The van der Waals surface area contributed by atoms with Crippen LogP contribution in [-0.4, -0.2) is 17.7 Å². The molecule has 1 heterocycles. The molecule has 2 atom stereocenters. The molecular formula is C13H17NO. The van der Waals surface area contributed by atoms with Crippen molar-refractivity contribution >= 4 is 0 Å². The molecule has 0 aromatic heterocycles. The van der Waals surface area contributed by atoms with E-state index in [9.17, 15) is 5.11 Å². The molecule has 80 valence electrons. The van der Waals surface area contributed by atoms with Gasteiger partial charge in [0.15, 0.2) is 0 Å². The van der Waals surface area contributed by atoms with Crippen molar-refractivity contribution in [1.82, 2.24) is 5.32 Å². The van der Waals surface area contributed by atoms with Gasteiger partial charge in [-0.1, -0.05) is 42.5 Å². The van der Waals surface area contributed by atoms with E-state index in [0.29, 0.717) is 6.04 Å². The van der Waals surface area contributed by atoms with Crippen molar-refractivity contribution < 1.29 is 5.11 Å². The number of nitrogens with one attached hydrogen (secondary N) is 1. The summed E-state index contributed by atoms with van der Waals surface area (Å²) in [5.74, 6) is 0. The van der Waals surface area contributed by atoms with E-state index < -0.39 is 0 Å². The molecule has 1 aliphatic heterocycles. The second-order valence-corrected chi connectivity index (χ2v) is 3.94. The molecule has 0 unspecified atom stereocenters. The normalized spacial score (nSPS) is 22.6. The second kappa shape index (κ2) is 5.10.